The molecule has 1 rings (SSSR count). The second-order valence-corrected chi connectivity index (χ2v) is 5.24. The van der Waals surface area contributed by atoms with E-state index in [0.717, 1.165) is 6.42 Å². The van der Waals surface area contributed by atoms with Crippen molar-refractivity contribution in [2.24, 2.45) is 5.92 Å². The van der Waals surface area contributed by atoms with Crippen molar-refractivity contribution in [3.05, 3.63) is 16.6 Å². The van der Waals surface area contributed by atoms with Gasteiger partial charge in [-0.25, -0.2) is 0 Å². The van der Waals surface area contributed by atoms with Gasteiger partial charge < -0.3 is 0 Å². The topological polar surface area (TPSA) is 12.9 Å². The Kier molecular flexibility index (Phi) is 3.52. The van der Waals surface area contributed by atoms with Crippen molar-refractivity contribution < 1.29 is 0 Å². The number of thiazole rings is 1. The summed E-state index contributed by atoms with van der Waals surface area (Å²) < 4.78 is 0. The summed E-state index contributed by atoms with van der Waals surface area (Å²) >= 11 is 5.31. The third-order valence-corrected chi connectivity index (χ3v) is 3.50. The molecule has 0 saturated heterocycles. The van der Waals surface area contributed by atoms with Crippen molar-refractivity contribution >= 4 is 27.3 Å². The van der Waals surface area contributed by atoms with Crippen molar-refractivity contribution in [2.75, 3.05) is 0 Å². The summed E-state index contributed by atoms with van der Waals surface area (Å²) in [5.41, 5.74) is 1.89. The molecule has 0 aliphatic rings. The lowest BCUT2D eigenvalue weighted by Crippen LogP contribution is -2.08. The van der Waals surface area contributed by atoms with Crippen molar-refractivity contribution in [2.45, 2.75) is 25.1 Å². The number of hydrogen-bond acceptors (Lipinski definition) is 2. The van der Waals surface area contributed by atoms with Gasteiger partial charge in [-0.2, -0.15) is 0 Å². The number of nitrogens with zero attached hydrogens (tertiary/aromatic N) is 1. The summed E-state index contributed by atoms with van der Waals surface area (Å²) in [4.78, 5) is 6.00. The first-order valence-electron chi connectivity index (χ1n) is 3.71. The number of halogens is 1. The van der Waals surface area contributed by atoms with Gasteiger partial charge in [-0.1, -0.05) is 29.8 Å². The molecule has 0 saturated carbocycles. The van der Waals surface area contributed by atoms with E-state index in [9.17, 15) is 0 Å². The van der Waals surface area contributed by atoms with Crippen molar-refractivity contribution in [3.8, 4) is 0 Å². The Balaban J connectivity index is 2.43. The van der Waals surface area contributed by atoms with Crippen LogP contribution in [-0.2, 0) is 6.42 Å². The lowest BCUT2D eigenvalue weighted by Gasteiger charge is -2.11. The third-order valence-electron chi connectivity index (χ3n) is 1.79. The van der Waals surface area contributed by atoms with E-state index in [4.69, 9.17) is 0 Å². The SMILES string of the molecule is CC(Br)C(C)Cc1cncs1. The Morgan fingerprint density at radius 1 is 1.64 bits per heavy atom. The molecule has 11 heavy (non-hydrogen) atoms. The van der Waals surface area contributed by atoms with E-state index in [1.54, 1.807) is 11.3 Å². The minimum atomic E-state index is 0.588. The van der Waals surface area contributed by atoms with Crippen LogP contribution in [-0.4, -0.2) is 9.81 Å². The highest BCUT2D eigenvalue weighted by Crippen LogP contribution is 2.19. The summed E-state index contributed by atoms with van der Waals surface area (Å²) in [5.74, 6) is 0.690. The van der Waals surface area contributed by atoms with E-state index in [2.05, 4.69) is 34.8 Å². The molecule has 0 aliphatic carbocycles. The molecular weight excluding hydrogens is 222 g/mol. The molecule has 0 fully saturated rings. The number of hydrogen-bond donors (Lipinski definition) is 0. The average molecular weight is 234 g/mol. The number of aromatic nitrogens is 1. The van der Waals surface area contributed by atoms with Crippen molar-refractivity contribution in [3.63, 3.8) is 0 Å². The molecule has 0 aromatic carbocycles. The van der Waals surface area contributed by atoms with Gasteiger partial charge in [-0.3, -0.25) is 4.98 Å². The second-order valence-electron chi connectivity index (χ2n) is 2.83. The van der Waals surface area contributed by atoms with Gasteiger partial charge in [0, 0.05) is 15.9 Å². The minimum Gasteiger partial charge on any atom is -0.253 e. The van der Waals surface area contributed by atoms with E-state index in [1.807, 2.05) is 11.7 Å². The molecule has 2 unspecified atom stereocenters. The molecule has 0 amide bonds. The van der Waals surface area contributed by atoms with Gasteiger partial charge in [0.15, 0.2) is 0 Å². The van der Waals surface area contributed by atoms with E-state index in [1.165, 1.54) is 4.88 Å². The zero-order valence-corrected chi connectivity index (χ0v) is 9.15. The fourth-order valence-electron chi connectivity index (χ4n) is 0.823. The minimum absolute atomic E-state index is 0.588. The average Bonchev–Trinajstić information content (AvgIpc) is 2.39. The molecule has 62 valence electrons. The van der Waals surface area contributed by atoms with Crippen LogP contribution in [0.4, 0.5) is 0 Å². The van der Waals surface area contributed by atoms with Gasteiger partial charge in [0.1, 0.15) is 0 Å². The lowest BCUT2D eigenvalue weighted by atomic mass is 10.0. The first-order valence-corrected chi connectivity index (χ1v) is 5.51. The van der Waals surface area contributed by atoms with Gasteiger partial charge >= 0.3 is 0 Å². The highest BCUT2D eigenvalue weighted by Gasteiger charge is 2.09. The molecule has 0 radical (unpaired) electrons. The molecule has 1 aromatic heterocycles. The Hall–Kier alpha value is 0.110. The van der Waals surface area contributed by atoms with E-state index in [0.29, 0.717) is 10.7 Å². The summed E-state index contributed by atoms with van der Waals surface area (Å²) in [7, 11) is 0. The van der Waals surface area contributed by atoms with Gasteiger partial charge in [0.05, 0.1) is 5.51 Å². The normalized spacial score (nSPS) is 16.3. The predicted octanol–water partition coefficient (Wildman–Crippen LogP) is 3.11. The molecule has 0 bridgehead atoms. The van der Waals surface area contributed by atoms with E-state index < -0.39 is 0 Å². The summed E-state index contributed by atoms with van der Waals surface area (Å²) in [6.07, 6.45) is 3.09. The summed E-state index contributed by atoms with van der Waals surface area (Å²) in [6.45, 7) is 4.44. The lowest BCUT2D eigenvalue weighted by molar-refractivity contribution is 0.586. The largest absolute Gasteiger partial charge is 0.253 e. The maximum Gasteiger partial charge on any atom is 0.0794 e. The van der Waals surface area contributed by atoms with Gasteiger partial charge in [0.2, 0.25) is 0 Å². The van der Waals surface area contributed by atoms with Crippen LogP contribution in [0.3, 0.4) is 0 Å². The smallest absolute Gasteiger partial charge is 0.0794 e. The van der Waals surface area contributed by atoms with Crippen LogP contribution in [0.1, 0.15) is 18.7 Å². The molecule has 1 nitrogen and oxygen atoms in total. The summed E-state index contributed by atoms with van der Waals surface area (Å²) in [6, 6.07) is 0. The highest BCUT2D eigenvalue weighted by atomic mass is 79.9. The molecular formula is C8H12BrNS. The van der Waals surface area contributed by atoms with Gasteiger partial charge in [-0.15, -0.1) is 11.3 Å². The Bertz CT molecular complexity index is 196. The number of rotatable bonds is 3. The van der Waals surface area contributed by atoms with Crippen LogP contribution in [0.5, 0.6) is 0 Å². The zero-order valence-electron chi connectivity index (χ0n) is 6.75. The maximum absolute atomic E-state index is 4.04. The van der Waals surface area contributed by atoms with Crippen LogP contribution in [0, 0.1) is 5.92 Å². The molecule has 0 aliphatic heterocycles. The van der Waals surface area contributed by atoms with Gasteiger partial charge in [-0.05, 0) is 12.3 Å². The maximum atomic E-state index is 4.04. The van der Waals surface area contributed by atoms with Gasteiger partial charge in [0.25, 0.3) is 0 Å². The van der Waals surface area contributed by atoms with E-state index >= 15 is 0 Å². The monoisotopic (exact) mass is 233 g/mol. The third kappa shape index (κ3) is 2.91. The second kappa shape index (κ2) is 4.21. The Morgan fingerprint density at radius 3 is 2.82 bits per heavy atom. The van der Waals surface area contributed by atoms with Crippen LogP contribution in [0.15, 0.2) is 11.7 Å². The number of alkyl halides is 1. The van der Waals surface area contributed by atoms with Crippen molar-refractivity contribution in [1.29, 1.82) is 0 Å². The molecule has 2 atom stereocenters. The fourth-order valence-corrected chi connectivity index (χ4v) is 1.75. The molecule has 1 aromatic rings. The Morgan fingerprint density at radius 2 is 2.36 bits per heavy atom. The quantitative estimate of drug-likeness (QED) is 0.732. The zero-order chi connectivity index (χ0) is 8.27. The van der Waals surface area contributed by atoms with Crippen LogP contribution in [0.25, 0.3) is 0 Å². The Labute approximate surface area is 80.0 Å². The van der Waals surface area contributed by atoms with Crippen LogP contribution in [0.2, 0.25) is 0 Å². The molecule has 3 heteroatoms. The first kappa shape index (κ1) is 9.20. The standard InChI is InChI=1S/C8H12BrNS/c1-6(7(2)9)3-8-4-10-5-11-8/h4-7H,3H2,1-2H3. The predicted molar refractivity (Wildman–Crippen MR) is 53.4 cm³/mol. The fraction of sp³-hybridized carbons (Fsp3) is 0.625. The molecule has 1 heterocycles. The molecule has 0 spiro atoms. The molecule has 0 N–H and O–H groups in total. The summed E-state index contributed by atoms with van der Waals surface area (Å²) in [5, 5.41) is 0. The first-order chi connectivity index (χ1) is 5.20. The highest BCUT2D eigenvalue weighted by molar-refractivity contribution is 9.09. The van der Waals surface area contributed by atoms with Crippen molar-refractivity contribution in [1.82, 2.24) is 4.98 Å². The van der Waals surface area contributed by atoms with Crippen LogP contribution < -0.4 is 0 Å². The van der Waals surface area contributed by atoms with Crippen LogP contribution >= 0.6 is 27.3 Å². The van der Waals surface area contributed by atoms with E-state index in [-0.39, 0.29) is 0 Å².